The summed E-state index contributed by atoms with van der Waals surface area (Å²) in [6.45, 7) is 2.43. The molecule has 0 bridgehead atoms. The van der Waals surface area contributed by atoms with E-state index in [1.165, 1.54) is 16.7 Å². The van der Waals surface area contributed by atoms with Crippen molar-refractivity contribution in [2.45, 2.75) is 29.9 Å². The van der Waals surface area contributed by atoms with Crippen LogP contribution in [-0.4, -0.2) is 35.6 Å². The summed E-state index contributed by atoms with van der Waals surface area (Å²) in [6, 6.07) is 5.30. The smallest absolute Gasteiger partial charge is 0.243 e. The molecule has 1 aliphatic heterocycles. The summed E-state index contributed by atoms with van der Waals surface area (Å²) in [5.74, 6) is 0.462. The Hall–Kier alpha value is -1.69. The normalized spacial score (nSPS) is 18.7. The summed E-state index contributed by atoms with van der Waals surface area (Å²) >= 11 is 1.33. The van der Waals surface area contributed by atoms with Crippen molar-refractivity contribution >= 4 is 29.3 Å². The molecule has 0 aliphatic carbocycles. The summed E-state index contributed by atoms with van der Waals surface area (Å²) < 4.78 is 5.15. The van der Waals surface area contributed by atoms with Gasteiger partial charge in [0.05, 0.1) is 12.4 Å². The summed E-state index contributed by atoms with van der Waals surface area (Å²) in [7, 11) is 1.58. The van der Waals surface area contributed by atoms with Crippen LogP contribution in [0.3, 0.4) is 0 Å². The number of carbonyl (C=O) groups excluding carboxylic acids is 2. The van der Waals surface area contributed by atoms with Crippen molar-refractivity contribution in [3.8, 4) is 5.75 Å². The zero-order chi connectivity index (χ0) is 14.7. The van der Waals surface area contributed by atoms with Crippen LogP contribution in [0.25, 0.3) is 0 Å². The highest BCUT2D eigenvalue weighted by molar-refractivity contribution is 8.00. The number of methoxy groups -OCH3 is 1. The van der Waals surface area contributed by atoms with Crippen LogP contribution in [0, 0.1) is 0 Å². The molecule has 0 saturated carbocycles. The SMILES string of the molecule is CCCN1C(=O)CC(Sc2cc(OC)ccc2N)C1=O. The molecular formula is C14H18N2O3S. The number of amides is 2. The lowest BCUT2D eigenvalue weighted by molar-refractivity contribution is -0.138. The van der Waals surface area contributed by atoms with Crippen molar-refractivity contribution in [3.63, 3.8) is 0 Å². The Balaban J connectivity index is 2.15. The number of anilines is 1. The number of benzene rings is 1. The van der Waals surface area contributed by atoms with Gasteiger partial charge in [0.2, 0.25) is 11.8 Å². The highest BCUT2D eigenvalue weighted by Gasteiger charge is 2.38. The molecule has 0 spiro atoms. The van der Waals surface area contributed by atoms with Crippen molar-refractivity contribution in [2.75, 3.05) is 19.4 Å². The molecule has 1 fully saturated rings. The van der Waals surface area contributed by atoms with Gasteiger partial charge in [-0.2, -0.15) is 0 Å². The molecule has 1 aromatic rings. The number of rotatable bonds is 5. The van der Waals surface area contributed by atoms with Gasteiger partial charge in [0.25, 0.3) is 0 Å². The Labute approximate surface area is 122 Å². The molecule has 1 atom stereocenters. The van der Waals surface area contributed by atoms with Crippen LogP contribution in [0.1, 0.15) is 19.8 Å². The van der Waals surface area contributed by atoms with Gasteiger partial charge in [-0.25, -0.2) is 0 Å². The van der Waals surface area contributed by atoms with Gasteiger partial charge in [0.15, 0.2) is 0 Å². The minimum atomic E-state index is -0.386. The van der Waals surface area contributed by atoms with E-state index in [1.807, 2.05) is 6.92 Å². The molecule has 6 heteroatoms. The molecule has 1 heterocycles. The monoisotopic (exact) mass is 294 g/mol. The summed E-state index contributed by atoms with van der Waals surface area (Å²) in [5.41, 5.74) is 6.50. The fourth-order valence-electron chi connectivity index (χ4n) is 2.10. The lowest BCUT2D eigenvalue weighted by Gasteiger charge is -2.14. The van der Waals surface area contributed by atoms with Crippen LogP contribution < -0.4 is 10.5 Å². The van der Waals surface area contributed by atoms with Crippen LogP contribution in [-0.2, 0) is 9.59 Å². The minimum Gasteiger partial charge on any atom is -0.497 e. The van der Waals surface area contributed by atoms with Crippen LogP contribution in [0.5, 0.6) is 5.75 Å². The summed E-state index contributed by atoms with van der Waals surface area (Å²) in [4.78, 5) is 26.1. The van der Waals surface area contributed by atoms with Crippen LogP contribution in [0.15, 0.2) is 23.1 Å². The van der Waals surface area contributed by atoms with Gasteiger partial charge in [-0.3, -0.25) is 14.5 Å². The first-order valence-electron chi connectivity index (χ1n) is 6.51. The van der Waals surface area contributed by atoms with Gasteiger partial charge in [-0.1, -0.05) is 6.92 Å². The van der Waals surface area contributed by atoms with E-state index in [1.54, 1.807) is 25.3 Å². The van der Waals surface area contributed by atoms with Gasteiger partial charge in [0.1, 0.15) is 5.75 Å². The number of likely N-dealkylation sites (tertiary alicyclic amines) is 1. The van der Waals surface area contributed by atoms with E-state index in [2.05, 4.69) is 0 Å². The molecule has 2 N–H and O–H groups in total. The maximum atomic E-state index is 12.2. The number of thioether (sulfide) groups is 1. The number of hydrogen-bond acceptors (Lipinski definition) is 5. The number of nitrogens with zero attached hydrogens (tertiary/aromatic N) is 1. The Kier molecular flexibility index (Phi) is 4.54. The van der Waals surface area contributed by atoms with Crippen LogP contribution in [0.4, 0.5) is 5.69 Å². The maximum absolute atomic E-state index is 12.2. The minimum absolute atomic E-state index is 0.101. The van der Waals surface area contributed by atoms with Crippen molar-refractivity contribution in [1.29, 1.82) is 0 Å². The molecule has 2 rings (SSSR count). The Morgan fingerprint density at radius 2 is 2.20 bits per heavy atom. The first-order valence-corrected chi connectivity index (χ1v) is 7.39. The third-order valence-corrected chi connectivity index (χ3v) is 4.40. The highest BCUT2D eigenvalue weighted by atomic mass is 32.2. The third-order valence-electron chi connectivity index (χ3n) is 3.14. The Morgan fingerprint density at radius 1 is 1.45 bits per heavy atom. The molecule has 108 valence electrons. The molecule has 20 heavy (non-hydrogen) atoms. The quantitative estimate of drug-likeness (QED) is 0.663. The lowest BCUT2D eigenvalue weighted by atomic mass is 10.3. The molecule has 5 nitrogen and oxygen atoms in total. The topological polar surface area (TPSA) is 72.6 Å². The molecule has 1 unspecified atom stereocenters. The van der Waals surface area contributed by atoms with E-state index in [4.69, 9.17) is 10.5 Å². The number of nitrogens with two attached hydrogens (primary N) is 1. The number of ether oxygens (including phenoxy) is 1. The van der Waals surface area contributed by atoms with E-state index in [0.29, 0.717) is 18.0 Å². The largest absolute Gasteiger partial charge is 0.497 e. The van der Waals surface area contributed by atoms with Crippen molar-refractivity contribution in [3.05, 3.63) is 18.2 Å². The van der Waals surface area contributed by atoms with Crippen LogP contribution in [0.2, 0.25) is 0 Å². The second kappa shape index (κ2) is 6.17. The van der Waals surface area contributed by atoms with Crippen molar-refractivity contribution in [2.24, 2.45) is 0 Å². The molecule has 2 amide bonds. The van der Waals surface area contributed by atoms with Gasteiger partial charge >= 0.3 is 0 Å². The predicted octanol–water partition coefficient (Wildman–Crippen LogP) is 1.91. The highest BCUT2D eigenvalue weighted by Crippen LogP contribution is 2.36. The van der Waals surface area contributed by atoms with Crippen molar-refractivity contribution in [1.82, 2.24) is 4.90 Å². The summed E-state index contributed by atoms with van der Waals surface area (Å²) in [6.07, 6.45) is 1.01. The number of hydrogen-bond donors (Lipinski definition) is 1. The average Bonchev–Trinajstić information content (AvgIpc) is 2.69. The molecule has 1 aromatic carbocycles. The fraction of sp³-hybridized carbons (Fsp3) is 0.429. The molecule has 1 saturated heterocycles. The first kappa shape index (κ1) is 14.7. The molecule has 1 aliphatic rings. The molecular weight excluding hydrogens is 276 g/mol. The number of nitrogen functional groups attached to an aromatic ring is 1. The molecule has 0 aromatic heterocycles. The molecule has 0 radical (unpaired) electrons. The van der Waals surface area contributed by atoms with Gasteiger partial charge in [-0.05, 0) is 24.6 Å². The van der Waals surface area contributed by atoms with E-state index in [0.717, 1.165) is 11.3 Å². The second-order valence-corrected chi connectivity index (χ2v) is 5.84. The van der Waals surface area contributed by atoms with Gasteiger partial charge in [0, 0.05) is 23.5 Å². The van der Waals surface area contributed by atoms with E-state index in [9.17, 15) is 9.59 Å². The third kappa shape index (κ3) is 2.90. The lowest BCUT2D eigenvalue weighted by Crippen LogP contribution is -2.31. The Morgan fingerprint density at radius 3 is 2.85 bits per heavy atom. The Bertz CT molecular complexity index is 533. The second-order valence-electron chi connectivity index (χ2n) is 4.60. The van der Waals surface area contributed by atoms with Gasteiger partial charge < -0.3 is 10.5 Å². The standard InChI is InChI=1S/C14H18N2O3S/c1-3-6-16-13(17)8-12(14(16)18)20-11-7-9(19-2)4-5-10(11)15/h4-5,7,12H,3,6,8,15H2,1-2H3. The average molecular weight is 294 g/mol. The van der Waals surface area contributed by atoms with E-state index in [-0.39, 0.29) is 23.5 Å². The first-order chi connectivity index (χ1) is 9.56. The maximum Gasteiger partial charge on any atom is 0.243 e. The van der Waals surface area contributed by atoms with E-state index >= 15 is 0 Å². The summed E-state index contributed by atoms with van der Waals surface area (Å²) in [5, 5.41) is -0.386. The van der Waals surface area contributed by atoms with E-state index < -0.39 is 0 Å². The fourth-order valence-corrected chi connectivity index (χ4v) is 3.25. The van der Waals surface area contributed by atoms with Crippen molar-refractivity contribution < 1.29 is 14.3 Å². The van der Waals surface area contributed by atoms with Gasteiger partial charge in [-0.15, -0.1) is 11.8 Å². The van der Waals surface area contributed by atoms with Crippen LogP contribution >= 0.6 is 11.8 Å². The number of carbonyl (C=O) groups is 2. The predicted molar refractivity (Wildman–Crippen MR) is 78.7 cm³/mol. The zero-order valence-corrected chi connectivity index (χ0v) is 12.4. The number of imide groups is 1. The zero-order valence-electron chi connectivity index (χ0n) is 11.6.